The van der Waals surface area contributed by atoms with Crippen LogP contribution < -0.4 is 14.8 Å². The summed E-state index contributed by atoms with van der Waals surface area (Å²) in [5.74, 6) is 1.25. The minimum absolute atomic E-state index is 0.0358. The molecule has 0 atom stereocenters. The van der Waals surface area contributed by atoms with E-state index in [1.54, 1.807) is 32.4 Å². The molecule has 0 unspecified atom stereocenters. The molecule has 1 fully saturated rings. The van der Waals surface area contributed by atoms with Crippen LogP contribution in [0, 0.1) is 0 Å². The summed E-state index contributed by atoms with van der Waals surface area (Å²) in [5.41, 5.74) is 1.88. The number of carbonyl (C=O) groups excluding carboxylic acids is 1. The summed E-state index contributed by atoms with van der Waals surface area (Å²) < 4.78 is 10.5. The van der Waals surface area contributed by atoms with Gasteiger partial charge in [0, 0.05) is 18.7 Å². The van der Waals surface area contributed by atoms with Gasteiger partial charge in [-0.15, -0.1) is 0 Å². The molecule has 5 nitrogen and oxygen atoms in total. The maximum absolute atomic E-state index is 12.5. The van der Waals surface area contributed by atoms with Crippen molar-refractivity contribution in [3.63, 3.8) is 0 Å². The molecule has 0 heterocycles. The highest BCUT2D eigenvalue weighted by molar-refractivity contribution is 5.93. The van der Waals surface area contributed by atoms with Crippen LogP contribution in [0.2, 0.25) is 0 Å². The summed E-state index contributed by atoms with van der Waals surface area (Å²) in [5, 5.41) is 2.95. The van der Waals surface area contributed by atoms with Gasteiger partial charge in [0.2, 0.25) is 5.91 Å². The van der Waals surface area contributed by atoms with Crippen molar-refractivity contribution in [2.45, 2.75) is 25.4 Å². The number of hydrogen-bond acceptors (Lipinski definition) is 4. The van der Waals surface area contributed by atoms with Crippen LogP contribution in [-0.4, -0.2) is 37.6 Å². The first-order valence-corrected chi connectivity index (χ1v) is 8.49. The summed E-state index contributed by atoms with van der Waals surface area (Å²) in [4.78, 5) is 14.8. The fourth-order valence-corrected chi connectivity index (χ4v) is 2.85. The van der Waals surface area contributed by atoms with E-state index in [4.69, 9.17) is 9.47 Å². The molecule has 0 aliphatic heterocycles. The molecule has 25 heavy (non-hydrogen) atoms. The van der Waals surface area contributed by atoms with E-state index >= 15 is 0 Å². The Morgan fingerprint density at radius 3 is 2.52 bits per heavy atom. The average molecular weight is 340 g/mol. The predicted octanol–water partition coefficient (Wildman–Crippen LogP) is 3.31. The standard InChI is InChI=1S/C20H24N2O3/c1-24-17-10-11-18(19(12-17)25-2)21-20(23)14-22(16-8-9-16)13-15-6-4-3-5-7-15/h3-7,10-12,16H,8-9,13-14H2,1-2H3,(H,21,23). The fourth-order valence-electron chi connectivity index (χ4n) is 2.85. The highest BCUT2D eigenvalue weighted by Crippen LogP contribution is 2.30. The zero-order valence-corrected chi connectivity index (χ0v) is 14.7. The minimum atomic E-state index is -0.0358. The van der Waals surface area contributed by atoms with Crippen molar-refractivity contribution in [1.29, 1.82) is 0 Å². The van der Waals surface area contributed by atoms with Gasteiger partial charge in [-0.25, -0.2) is 0 Å². The molecular weight excluding hydrogens is 316 g/mol. The Kier molecular flexibility index (Phi) is 5.56. The van der Waals surface area contributed by atoms with Crippen LogP contribution in [0.3, 0.4) is 0 Å². The Bertz CT molecular complexity index is 714. The quantitative estimate of drug-likeness (QED) is 0.801. The van der Waals surface area contributed by atoms with E-state index in [2.05, 4.69) is 22.3 Å². The minimum Gasteiger partial charge on any atom is -0.497 e. The Hall–Kier alpha value is -2.53. The van der Waals surface area contributed by atoms with Gasteiger partial charge in [0.15, 0.2) is 0 Å². The molecule has 0 bridgehead atoms. The lowest BCUT2D eigenvalue weighted by Crippen LogP contribution is -2.34. The van der Waals surface area contributed by atoms with E-state index < -0.39 is 0 Å². The maximum atomic E-state index is 12.5. The van der Waals surface area contributed by atoms with E-state index in [0.717, 1.165) is 19.4 Å². The normalized spacial score (nSPS) is 13.6. The molecule has 1 saturated carbocycles. The summed E-state index contributed by atoms with van der Waals surface area (Å²) in [6.45, 7) is 1.16. The lowest BCUT2D eigenvalue weighted by molar-refractivity contribution is -0.117. The third kappa shape index (κ3) is 4.73. The number of ether oxygens (including phenoxy) is 2. The van der Waals surface area contributed by atoms with Crippen molar-refractivity contribution in [1.82, 2.24) is 4.90 Å². The number of nitrogens with one attached hydrogen (secondary N) is 1. The van der Waals surface area contributed by atoms with Crippen molar-refractivity contribution in [2.24, 2.45) is 0 Å². The predicted molar refractivity (Wildman–Crippen MR) is 98.0 cm³/mol. The van der Waals surface area contributed by atoms with Crippen molar-refractivity contribution in [3.8, 4) is 11.5 Å². The van der Waals surface area contributed by atoms with Crippen LogP contribution in [-0.2, 0) is 11.3 Å². The van der Waals surface area contributed by atoms with Crippen LogP contribution in [0.15, 0.2) is 48.5 Å². The smallest absolute Gasteiger partial charge is 0.238 e. The van der Waals surface area contributed by atoms with Gasteiger partial charge in [-0.1, -0.05) is 30.3 Å². The molecule has 0 radical (unpaired) electrons. The van der Waals surface area contributed by atoms with E-state index in [0.29, 0.717) is 29.8 Å². The second kappa shape index (κ2) is 8.03. The van der Waals surface area contributed by atoms with E-state index in [-0.39, 0.29) is 5.91 Å². The molecule has 3 rings (SSSR count). The molecule has 1 aliphatic carbocycles. The number of carbonyl (C=O) groups is 1. The largest absolute Gasteiger partial charge is 0.497 e. The number of methoxy groups -OCH3 is 2. The molecular formula is C20H24N2O3. The first-order chi connectivity index (χ1) is 12.2. The Labute approximate surface area is 148 Å². The SMILES string of the molecule is COc1ccc(NC(=O)CN(Cc2ccccc2)C2CC2)c(OC)c1. The molecule has 1 amide bonds. The van der Waals surface area contributed by atoms with Crippen molar-refractivity contribution < 1.29 is 14.3 Å². The highest BCUT2D eigenvalue weighted by atomic mass is 16.5. The van der Waals surface area contributed by atoms with Crippen LogP contribution >= 0.6 is 0 Å². The van der Waals surface area contributed by atoms with Gasteiger partial charge in [-0.2, -0.15) is 0 Å². The van der Waals surface area contributed by atoms with Gasteiger partial charge in [0.25, 0.3) is 0 Å². The zero-order chi connectivity index (χ0) is 17.6. The number of benzene rings is 2. The number of hydrogen-bond donors (Lipinski definition) is 1. The van der Waals surface area contributed by atoms with Gasteiger partial charge >= 0.3 is 0 Å². The monoisotopic (exact) mass is 340 g/mol. The maximum Gasteiger partial charge on any atom is 0.238 e. The lowest BCUT2D eigenvalue weighted by atomic mass is 10.2. The molecule has 2 aromatic carbocycles. The molecule has 0 spiro atoms. The Balaban J connectivity index is 1.64. The van der Waals surface area contributed by atoms with E-state index in [9.17, 15) is 4.79 Å². The summed E-state index contributed by atoms with van der Waals surface area (Å²) in [7, 11) is 3.18. The number of anilines is 1. The fraction of sp³-hybridized carbons (Fsp3) is 0.350. The topological polar surface area (TPSA) is 50.8 Å². The van der Waals surface area contributed by atoms with Gasteiger partial charge in [0.05, 0.1) is 26.5 Å². The van der Waals surface area contributed by atoms with E-state index in [1.807, 2.05) is 18.2 Å². The van der Waals surface area contributed by atoms with Crippen LogP contribution in [0.5, 0.6) is 11.5 Å². The Morgan fingerprint density at radius 1 is 1.12 bits per heavy atom. The van der Waals surface area contributed by atoms with Gasteiger partial charge in [-0.05, 0) is 30.5 Å². The van der Waals surface area contributed by atoms with Gasteiger partial charge in [-0.3, -0.25) is 9.69 Å². The molecule has 1 N–H and O–H groups in total. The summed E-state index contributed by atoms with van der Waals surface area (Å²) in [6, 6.07) is 16.1. The van der Waals surface area contributed by atoms with Crippen molar-refractivity contribution in [2.75, 3.05) is 26.1 Å². The van der Waals surface area contributed by atoms with Crippen LogP contribution in [0.4, 0.5) is 5.69 Å². The zero-order valence-electron chi connectivity index (χ0n) is 14.7. The second-order valence-corrected chi connectivity index (χ2v) is 6.24. The second-order valence-electron chi connectivity index (χ2n) is 6.24. The van der Waals surface area contributed by atoms with Crippen LogP contribution in [0.1, 0.15) is 18.4 Å². The molecule has 5 heteroatoms. The third-order valence-electron chi connectivity index (χ3n) is 4.32. The number of nitrogens with zero attached hydrogens (tertiary/aromatic N) is 1. The molecule has 132 valence electrons. The van der Waals surface area contributed by atoms with E-state index in [1.165, 1.54) is 5.56 Å². The molecule has 0 saturated heterocycles. The molecule has 1 aliphatic rings. The Morgan fingerprint density at radius 2 is 1.88 bits per heavy atom. The average Bonchev–Trinajstić information content (AvgIpc) is 3.47. The first-order valence-electron chi connectivity index (χ1n) is 8.49. The van der Waals surface area contributed by atoms with Crippen molar-refractivity contribution >= 4 is 11.6 Å². The first kappa shape index (κ1) is 17.3. The van der Waals surface area contributed by atoms with Gasteiger partial charge < -0.3 is 14.8 Å². The molecule has 0 aromatic heterocycles. The summed E-state index contributed by atoms with van der Waals surface area (Å²) >= 11 is 0. The van der Waals surface area contributed by atoms with Crippen molar-refractivity contribution in [3.05, 3.63) is 54.1 Å². The highest BCUT2D eigenvalue weighted by Gasteiger charge is 2.30. The molecule has 2 aromatic rings. The summed E-state index contributed by atoms with van der Waals surface area (Å²) in [6.07, 6.45) is 2.32. The van der Waals surface area contributed by atoms with Gasteiger partial charge in [0.1, 0.15) is 11.5 Å². The number of rotatable bonds is 8. The number of amides is 1. The van der Waals surface area contributed by atoms with Crippen LogP contribution in [0.25, 0.3) is 0 Å². The lowest BCUT2D eigenvalue weighted by Gasteiger charge is -2.22. The third-order valence-corrected chi connectivity index (χ3v) is 4.32.